The molecule has 0 spiro atoms. The number of carbonyl (C=O) groups excluding carboxylic acids is 1. The number of aryl methyl sites for hydroxylation is 2. The van der Waals surface area contributed by atoms with E-state index in [1.165, 1.54) is 13.2 Å². The van der Waals surface area contributed by atoms with Crippen LogP contribution in [0.3, 0.4) is 0 Å². The fourth-order valence-electron chi connectivity index (χ4n) is 4.54. The van der Waals surface area contributed by atoms with Gasteiger partial charge in [-0.05, 0) is 54.3 Å². The zero-order valence-corrected chi connectivity index (χ0v) is 19.3. The van der Waals surface area contributed by atoms with Crippen molar-refractivity contribution in [3.63, 3.8) is 0 Å². The van der Waals surface area contributed by atoms with Gasteiger partial charge < -0.3 is 9.47 Å². The third-order valence-electron chi connectivity index (χ3n) is 6.20. The van der Waals surface area contributed by atoms with Crippen molar-refractivity contribution in [1.29, 1.82) is 0 Å². The minimum Gasteiger partial charge on any atom is -0.332 e. The van der Waals surface area contributed by atoms with E-state index in [0.717, 1.165) is 16.2 Å². The molecule has 1 aliphatic heterocycles. The first-order valence-electron chi connectivity index (χ1n) is 11.1. The van der Waals surface area contributed by atoms with Crippen molar-refractivity contribution >= 4 is 5.91 Å². The first-order chi connectivity index (χ1) is 16.7. The van der Waals surface area contributed by atoms with Crippen LogP contribution in [0.15, 0.2) is 55.1 Å². The molecule has 0 radical (unpaired) electrons. The third kappa shape index (κ3) is 4.43. The Morgan fingerprint density at radius 3 is 2.51 bits per heavy atom. The summed E-state index contributed by atoms with van der Waals surface area (Å²) in [5, 5.41) is 3.69. The van der Waals surface area contributed by atoms with Gasteiger partial charge in [0.15, 0.2) is 5.69 Å². The highest BCUT2D eigenvalue weighted by atomic mass is 19.4. The Hall–Kier alpha value is -3.95. The largest absolute Gasteiger partial charge is 0.435 e. The summed E-state index contributed by atoms with van der Waals surface area (Å²) < 4.78 is 44.6. The number of amides is 1. The number of aromatic nitrogens is 5. The molecule has 10 heteroatoms. The maximum atomic E-state index is 13.8. The molecule has 0 saturated carbocycles. The molecular weight excluding hydrogens is 457 g/mol. The van der Waals surface area contributed by atoms with Crippen LogP contribution in [0, 0.1) is 6.92 Å². The van der Waals surface area contributed by atoms with E-state index in [0.29, 0.717) is 48.3 Å². The second kappa shape index (κ2) is 8.68. The summed E-state index contributed by atoms with van der Waals surface area (Å²) in [6.07, 6.45) is 2.31. The summed E-state index contributed by atoms with van der Waals surface area (Å²) in [4.78, 5) is 23.8. The van der Waals surface area contributed by atoms with E-state index in [2.05, 4.69) is 15.1 Å². The van der Waals surface area contributed by atoms with Crippen molar-refractivity contribution in [1.82, 2.24) is 29.2 Å². The molecule has 0 atom stereocenters. The quantitative estimate of drug-likeness (QED) is 0.428. The average molecular weight is 480 g/mol. The molecule has 0 fully saturated rings. The molecule has 0 unspecified atom stereocenters. The standard InChI is InChI=1S/C25H23F3N6O/c1-16-29-8-10-33(16)13-17-11-20(22-15-32(2)31-23(22)25(26,27)28)19-6-9-34(24(35)21(19)12-17)14-18-5-3-4-7-30-18/h3-5,7-8,10-12,15H,6,9,13-14H2,1-2H3. The van der Waals surface area contributed by atoms with Crippen LogP contribution in [0.4, 0.5) is 13.2 Å². The summed E-state index contributed by atoms with van der Waals surface area (Å²) in [7, 11) is 1.46. The lowest BCUT2D eigenvalue weighted by Gasteiger charge is -2.30. The molecule has 3 aromatic heterocycles. The van der Waals surface area contributed by atoms with E-state index in [9.17, 15) is 18.0 Å². The van der Waals surface area contributed by atoms with Crippen LogP contribution in [-0.2, 0) is 32.7 Å². The van der Waals surface area contributed by atoms with Crippen LogP contribution < -0.4 is 0 Å². The Morgan fingerprint density at radius 2 is 1.83 bits per heavy atom. The number of pyridine rings is 1. The van der Waals surface area contributed by atoms with Crippen LogP contribution >= 0.6 is 0 Å². The summed E-state index contributed by atoms with van der Waals surface area (Å²) in [5.41, 5.74) is 1.90. The lowest BCUT2D eigenvalue weighted by molar-refractivity contribution is -0.140. The van der Waals surface area contributed by atoms with Gasteiger partial charge in [-0.25, -0.2) is 4.98 Å². The highest BCUT2D eigenvalue weighted by molar-refractivity contribution is 5.99. The van der Waals surface area contributed by atoms with E-state index >= 15 is 0 Å². The number of carbonyl (C=O) groups is 1. The van der Waals surface area contributed by atoms with Gasteiger partial charge in [0, 0.05) is 56.1 Å². The Kier molecular flexibility index (Phi) is 5.66. The maximum Gasteiger partial charge on any atom is 0.435 e. The Balaban J connectivity index is 1.62. The lowest BCUT2D eigenvalue weighted by atomic mass is 9.88. The molecule has 1 aliphatic rings. The topological polar surface area (TPSA) is 68.8 Å². The van der Waals surface area contributed by atoms with Gasteiger partial charge in [-0.1, -0.05) is 6.07 Å². The van der Waals surface area contributed by atoms with Crippen molar-refractivity contribution in [2.75, 3.05) is 6.54 Å². The van der Waals surface area contributed by atoms with Crippen LogP contribution in [0.5, 0.6) is 0 Å². The normalized spacial score (nSPS) is 13.9. The molecule has 4 aromatic rings. The van der Waals surface area contributed by atoms with Crippen molar-refractivity contribution < 1.29 is 18.0 Å². The number of nitrogens with zero attached hydrogens (tertiary/aromatic N) is 6. The number of hydrogen-bond acceptors (Lipinski definition) is 4. The molecule has 0 saturated heterocycles. The van der Waals surface area contributed by atoms with Gasteiger partial charge in [0.1, 0.15) is 5.82 Å². The van der Waals surface area contributed by atoms with Crippen molar-refractivity contribution in [2.45, 2.75) is 32.6 Å². The number of rotatable bonds is 5. The number of halogens is 3. The van der Waals surface area contributed by atoms with E-state index in [1.54, 1.807) is 41.7 Å². The molecule has 7 nitrogen and oxygen atoms in total. The first-order valence-corrected chi connectivity index (χ1v) is 11.1. The van der Waals surface area contributed by atoms with Crippen LogP contribution in [0.2, 0.25) is 0 Å². The summed E-state index contributed by atoms with van der Waals surface area (Å²) >= 11 is 0. The molecule has 0 aliphatic carbocycles. The molecule has 0 bridgehead atoms. The minimum atomic E-state index is -4.62. The molecule has 1 amide bonds. The van der Waals surface area contributed by atoms with Crippen molar-refractivity contribution in [2.24, 2.45) is 7.05 Å². The van der Waals surface area contributed by atoms with E-state index in [-0.39, 0.29) is 11.5 Å². The van der Waals surface area contributed by atoms with Gasteiger partial charge in [0.25, 0.3) is 5.91 Å². The number of alkyl halides is 3. The second-order valence-corrected chi connectivity index (χ2v) is 8.63. The zero-order chi connectivity index (χ0) is 24.7. The molecular formula is C25H23F3N6O. The number of imidazole rings is 1. The molecule has 35 heavy (non-hydrogen) atoms. The first kappa shape index (κ1) is 22.8. The van der Waals surface area contributed by atoms with Crippen LogP contribution in [0.1, 0.15) is 38.7 Å². The smallest absolute Gasteiger partial charge is 0.332 e. The van der Waals surface area contributed by atoms with E-state index < -0.39 is 11.9 Å². The van der Waals surface area contributed by atoms with E-state index in [1.807, 2.05) is 23.6 Å². The van der Waals surface area contributed by atoms with Gasteiger partial charge in [-0.3, -0.25) is 14.5 Å². The number of benzene rings is 1. The predicted octanol–water partition coefficient (Wildman–Crippen LogP) is 4.25. The maximum absolute atomic E-state index is 13.8. The molecule has 180 valence electrons. The monoisotopic (exact) mass is 480 g/mol. The Morgan fingerprint density at radius 1 is 1.03 bits per heavy atom. The fraction of sp³-hybridized carbons (Fsp3) is 0.280. The fourth-order valence-corrected chi connectivity index (χ4v) is 4.54. The predicted molar refractivity (Wildman–Crippen MR) is 122 cm³/mol. The van der Waals surface area contributed by atoms with Crippen molar-refractivity contribution in [3.8, 4) is 11.1 Å². The van der Waals surface area contributed by atoms with Crippen LogP contribution in [0.25, 0.3) is 11.1 Å². The molecule has 4 heterocycles. The number of hydrogen-bond donors (Lipinski definition) is 0. The summed E-state index contributed by atoms with van der Waals surface area (Å²) in [5.74, 6) is 0.546. The van der Waals surface area contributed by atoms with Crippen LogP contribution in [-0.4, -0.2) is 41.7 Å². The molecule has 0 N–H and O–H groups in total. The van der Waals surface area contributed by atoms with Gasteiger partial charge in [0.2, 0.25) is 0 Å². The zero-order valence-electron chi connectivity index (χ0n) is 19.3. The Labute approximate surface area is 199 Å². The average Bonchev–Trinajstić information content (AvgIpc) is 3.41. The minimum absolute atomic E-state index is 0.0218. The molecule has 5 rings (SSSR count). The SMILES string of the molecule is Cc1nccn1Cc1cc2c(c(-c3cn(C)nc3C(F)(F)F)c1)CCN(Cc1ccccn1)C2=O. The highest BCUT2D eigenvalue weighted by Gasteiger charge is 2.39. The van der Waals surface area contributed by atoms with Gasteiger partial charge in [0.05, 0.1) is 12.2 Å². The van der Waals surface area contributed by atoms with Gasteiger partial charge in [-0.2, -0.15) is 18.3 Å². The van der Waals surface area contributed by atoms with Gasteiger partial charge >= 0.3 is 6.18 Å². The number of fused-ring (bicyclic) bond motifs is 1. The summed E-state index contributed by atoms with van der Waals surface area (Å²) in [6.45, 7) is 2.94. The lowest BCUT2D eigenvalue weighted by Crippen LogP contribution is -2.37. The highest BCUT2D eigenvalue weighted by Crippen LogP contribution is 2.40. The second-order valence-electron chi connectivity index (χ2n) is 8.63. The molecule has 1 aromatic carbocycles. The van der Waals surface area contributed by atoms with E-state index in [4.69, 9.17) is 0 Å². The Bertz CT molecular complexity index is 1390. The van der Waals surface area contributed by atoms with Crippen molar-refractivity contribution in [3.05, 3.63) is 89.0 Å². The third-order valence-corrected chi connectivity index (χ3v) is 6.20. The summed E-state index contributed by atoms with van der Waals surface area (Å²) in [6, 6.07) is 9.04. The van der Waals surface area contributed by atoms with Gasteiger partial charge in [-0.15, -0.1) is 0 Å².